The summed E-state index contributed by atoms with van der Waals surface area (Å²) in [5, 5.41) is 23.4. The standard InChI is InChI=1S/C21H30N4O2/c26-16-21(27)20-14-19-15-24(12-13-25(19)22-20)18-7-10-23(11-8-18)9-6-17-4-2-1-3-5-17/h1-5,14,18,21,26-27H,6-13,15-16H2/t21-/m0/s1. The minimum absolute atomic E-state index is 0.276. The van der Waals surface area contributed by atoms with E-state index in [1.165, 1.54) is 31.5 Å². The summed E-state index contributed by atoms with van der Waals surface area (Å²) in [4.78, 5) is 5.16. The van der Waals surface area contributed by atoms with Gasteiger partial charge in [0.25, 0.3) is 0 Å². The maximum atomic E-state index is 9.81. The predicted octanol–water partition coefficient (Wildman–Crippen LogP) is 1.43. The zero-order chi connectivity index (χ0) is 18.6. The van der Waals surface area contributed by atoms with Crippen LogP contribution in [0.5, 0.6) is 0 Å². The molecule has 2 aromatic rings. The van der Waals surface area contributed by atoms with E-state index >= 15 is 0 Å². The third kappa shape index (κ3) is 4.41. The summed E-state index contributed by atoms with van der Waals surface area (Å²) in [5.41, 5.74) is 3.16. The highest BCUT2D eigenvalue weighted by Crippen LogP contribution is 2.24. The van der Waals surface area contributed by atoms with Gasteiger partial charge in [-0.3, -0.25) is 9.58 Å². The van der Waals surface area contributed by atoms with Crippen LogP contribution in [0.15, 0.2) is 36.4 Å². The number of piperidine rings is 1. The van der Waals surface area contributed by atoms with E-state index in [-0.39, 0.29) is 6.61 Å². The first-order chi connectivity index (χ1) is 13.2. The van der Waals surface area contributed by atoms with E-state index in [1.54, 1.807) is 0 Å². The van der Waals surface area contributed by atoms with E-state index in [0.29, 0.717) is 11.7 Å². The number of aliphatic hydroxyl groups is 2. The van der Waals surface area contributed by atoms with Crippen molar-refractivity contribution in [2.24, 2.45) is 0 Å². The number of fused-ring (bicyclic) bond motifs is 1. The van der Waals surface area contributed by atoms with Crippen molar-refractivity contribution < 1.29 is 10.2 Å². The molecule has 0 spiro atoms. The average Bonchev–Trinajstić information content (AvgIpc) is 3.16. The van der Waals surface area contributed by atoms with Gasteiger partial charge in [-0.1, -0.05) is 30.3 Å². The molecule has 1 fully saturated rings. The second-order valence-electron chi connectivity index (χ2n) is 7.76. The van der Waals surface area contributed by atoms with Crippen LogP contribution in [0.2, 0.25) is 0 Å². The molecule has 1 atom stereocenters. The Kier molecular flexibility index (Phi) is 5.88. The number of aromatic nitrogens is 2. The number of rotatable bonds is 6. The normalized spacial score (nSPS) is 20.5. The fourth-order valence-corrected chi connectivity index (χ4v) is 4.32. The largest absolute Gasteiger partial charge is 0.393 e. The lowest BCUT2D eigenvalue weighted by atomic mass is 10.0. The van der Waals surface area contributed by atoms with Gasteiger partial charge in [-0.15, -0.1) is 0 Å². The molecule has 6 heteroatoms. The van der Waals surface area contributed by atoms with Crippen LogP contribution < -0.4 is 0 Å². The molecule has 146 valence electrons. The van der Waals surface area contributed by atoms with Crippen molar-refractivity contribution in [1.29, 1.82) is 0 Å². The maximum Gasteiger partial charge on any atom is 0.121 e. The van der Waals surface area contributed by atoms with Crippen molar-refractivity contribution in [3.8, 4) is 0 Å². The highest BCUT2D eigenvalue weighted by Gasteiger charge is 2.28. The summed E-state index contributed by atoms with van der Waals surface area (Å²) in [6.45, 7) is 5.97. The van der Waals surface area contributed by atoms with Gasteiger partial charge in [0.2, 0.25) is 0 Å². The van der Waals surface area contributed by atoms with Gasteiger partial charge in [0, 0.05) is 25.7 Å². The first-order valence-electron chi connectivity index (χ1n) is 10.1. The number of benzene rings is 1. The van der Waals surface area contributed by atoms with Gasteiger partial charge < -0.3 is 15.1 Å². The Bertz CT molecular complexity index is 725. The molecule has 6 nitrogen and oxygen atoms in total. The molecule has 2 N–H and O–H groups in total. The maximum absolute atomic E-state index is 9.81. The molecule has 0 saturated carbocycles. The van der Waals surface area contributed by atoms with Crippen molar-refractivity contribution in [2.75, 3.05) is 32.8 Å². The van der Waals surface area contributed by atoms with Gasteiger partial charge >= 0.3 is 0 Å². The first-order valence-corrected chi connectivity index (χ1v) is 10.1. The Balaban J connectivity index is 1.27. The number of hydrogen-bond acceptors (Lipinski definition) is 5. The third-order valence-corrected chi connectivity index (χ3v) is 5.99. The number of nitrogens with zero attached hydrogens (tertiary/aromatic N) is 4. The second-order valence-corrected chi connectivity index (χ2v) is 7.76. The van der Waals surface area contributed by atoms with E-state index < -0.39 is 6.10 Å². The number of aliphatic hydroxyl groups excluding tert-OH is 2. The van der Waals surface area contributed by atoms with Gasteiger partial charge in [0.1, 0.15) is 6.10 Å². The highest BCUT2D eigenvalue weighted by molar-refractivity contribution is 5.15. The summed E-state index contributed by atoms with van der Waals surface area (Å²) in [6, 6.07) is 13.3. The summed E-state index contributed by atoms with van der Waals surface area (Å²) in [7, 11) is 0. The third-order valence-electron chi connectivity index (χ3n) is 5.99. The summed E-state index contributed by atoms with van der Waals surface area (Å²) >= 11 is 0. The van der Waals surface area contributed by atoms with Crippen LogP contribution in [0.4, 0.5) is 0 Å². The first kappa shape index (κ1) is 18.6. The van der Waals surface area contributed by atoms with Crippen molar-refractivity contribution in [3.63, 3.8) is 0 Å². The Hall–Kier alpha value is -1.73. The van der Waals surface area contributed by atoms with Crippen molar-refractivity contribution in [2.45, 2.75) is 44.5 Å². The second kappa shape index (κ2) is 8.52. The van der Waals surface area contributed by atoms with Crippen LogP contribution in [0, 0.1) is 0 Å². The molecular weight excluding hydrogens is 340 g/mol. The zero-order valence-corrected chi connectivity index (χ0v) is 15.9. The smallest absolute Gasteiger partial charge is 0.121 e. The van der Waals surface area contributed by atoms with Crippen molar-refractivity contribution >= 4 is 0 Å². The Morgan fingerprint density at radius 1 is 1.07 bits per heavy atom. The Morgan fingerprint density at radius 2 is 1.85 bits per heavy atom. The molecule has 27 heavy (non-hydrogen) atoms. The van der Waals surface area contributed by atoms with E-state index in [0.717, 1.165) is 38.3 Å². The quantitative estimate of drug-likeness (QED) is 0.805. The molecule has 3 heterocycles. The fourth-order valence-electron chi connectivity index (χ4n) is 4.32. The monoisotopic (exact) mass is 370 g/mol. The molecule has 0 bridgehead atoms. The zero-order valence-electron chi connectivity index (χ0n) is 15.9. The minimum Gasteiger partial charge on any atom is -0.393 e. The van der Waals surface area contributed by atoms with Crippen molar-refractivity contribution in [3.05, 3.63) is 53.3 Å². The molecule has 1 aromatic carbocycles. The summed E-state index contributed by atoms with van der Waals surface area (Å²) < 4.78 is 1.99. The van der Waals surface area contributed by atoms with Crippen molar-refractivity contribution in [1.82, 2.24) is 19.6 Å². The average molecular weight is 370 g/mol. The van der Waals surface area contributed by atoms with E-state index in [9.17, 15) is 5.11 Å². The Labute approximate surface area is 161 Å². The van der Waals surface area contributed by atoms with Gasteiger partial charge in [-0.05, 0) is 44.0 Å². The molecular formula is C21H30N4O2. The topological polar surface area (TPSA) is 64.8 Å². The molecule has 2 aliphatic rings. The summed E-state index contributed by atoms with van der Waals surface area (Å²) in [6.07, 6.45) is 2.69. The van der Waals surface area contributed by atoms with Crippen LogP contribution >= 0.6 is 0 Å². The minimum atomic E-state index is -0.871. The number of likely N-dealkylation sites (tertiary alicyclic amines) is 1. The van der Waals surface area contributed by atoms with Crippen LogP contribution in [0.25, 0.3) is 0 Å². The van der Waals surface area contributed by atoms with Gasteiger partial charge in [0.15, 0.2) is 0 Å². The van der Waals surface area contributed by atoms with E-state index in [1.807, 2.05) is 10.7 Å². The lowest BCUT2D eigenvalue weighted by Crippen LogP contribution is -2.47. The Morgan fingerprint density at radius 3 is 2.59 bits per heavy atom. The van der Waals surface area contributed by atoms with Gasteiger partial charge in [-0.2, -0.15) is 5.10 Å². The molecule has 0 amide bonds. The SMILES string of the molecule is OC[C@H](O)c1cc2n(n1)CCN(C1CCN(CCc3ccccc3)CC1)C2. The molecule has 0 unspecified atom stereocenters. The molecule has 2 aliphatic heterocycles. The highest BCUT2D eigenvalue weighted by atomic mass is 16.3. The molecule has 1 aromatic heterocycles. The van der Waals surface area contributed by atoms with Crippen LogP contribution in [0.1, 0.15) is 35.9 Å². The lowest BCUT2D eigenvalue weighted by molar-refractivity contribution is 0.0837. The molecule has 0 aliphatic carbocycles. The molecule has 0 radical (unpaired) electrons. The van der Waals surface area contributed by atoms with E-state index in [4.69, 9.17) is 5.11 Å². The van der Waals surface area contributed by atoms with Gasteiger partial charge in [-0.25, -0.2) is 0 Å². The van der Waals surface area contributed by atoms with Crippen LogP contribution in [0.3, 0.4) is 0 Å². The fraction of sp³-hybridized carbons (Fsp3) is 0.571. The molecule has 1 saturated heterocycles. The van der Waals surface area contributed by atoms with Gasteiger partial charge in [0.05, 0.1) is 24.5 Å². The predicted molar refractivity (Wildman–Crippen MR) is 104 cm³/mol. The van der Waals surface area contributed by atoms with Crippen LogP contribution in [-0.2, 0) is 19.5 Å². The van der Waals surface area contributed by atoms with E-state index in [2.05, 4.69) is 45.2 Å². The molecule has 4 rings (SSSR count). The summed E-state index contributed by atoms with van der Waals surface area (Å²) in [5.74, 6) is 0. The lowest BCUT2D eigenvalue weighted by Gasteiger charge is -2.40. The van der Waals surface area contributed by atoms with Crippen LogP contribution in [-0.4, -0.2) is 68.6 Å². The number of hydrogen-bond donors (Lipinski definition) is 2.